The van der Waals surface area contributed by atoms with E-state index in [1.54, 1.807) is 11.3 Å². The maximum absolute atomic E-state index is 3.99. The summed E-state index contributed by atoms with van der Waals surface area (Å²) >= 11 is 5.27. The van der Waals surface area contributed by atoms with Gasteiger partial charge in [0, 0.05) is 30.4 Å². The van der Waals surface area contributed by atoms with Gasteiger partial charge in [-0.05, 0) is 52.2 Å². The zero-order valence-electron chi connectivity index (χ0n) is 8.82. The van der Waals surface area contributed by atoms with Crippen LogP contribution in [0.2, 0.25) is 0 Å². The van der Waals surface area contributed by atoms with Crippen LogP contribution in [0.25, 0.3) is 0 Å². The van der Waals surface area contributed by atoms with E-state index in [2.05, 4.69) is 38.4 Å². The quantitative estimate of drug-likeness (QED) is 0.857. The minimum atomic E-state index is 0.912. The van der Waals surface area contributed by atoms with Crippen LogP contribution < -0.4 is 5.32 Å². The van der Waals surface area contributed by atoms with Gasteiger partial charge in [0.2, 0.25) is 0 Å². The molecule has 0 spiro atoms. The van der Waals surface area contributed by atoms with Gasteiger partial charge in [0.1, 0.15) is 0 Å². The van der Waals surface area contributed by atoms with Gasteiger partial charge in [-0.1, -0.05) is 0 Å². The predicted molar refractivity (Wildman–Crippen MR) is 71.7 cm³/mol. The van der Waals surface area contributed by atoms with Gasteiger partial charge in [0.25, 0.3) is 0 Å². The predicted octanol–water partition coefficient (Wildman–Crippen LogP) is 3.24. The van der Waals surface area contributed by atoms with Crippen molar-refractivity contribution in [1.82, 2.24) is 10.3 Å². The van der Waals surface area contributed by atoms with Crippen molar-refractivity contribution in [3.05, 3.63) is 50.9 Å². The van der Waals surface area contributed by atoms with Crippen molar-refractivity contribution in [2.75, 3.05) is 6.54 Å². The fourth-order valence-corrected chi connectivity index (χ4v) is 2.91. The minimum absolute atomic E-state index is 0.912. The molecule has 0 atom stereocenters. The lowest BCUT2D eigenvalue weighted by molar-refractivity contribution is 0.690. The first-order valence-corrected chi connectivity index (χ1v) is 6.79. The smallest absolute Gasteiger partial charge is 0.0701 e. The van der Waals surface area contributed by atoms with Crippen LogP contribution >= 0.6 is 27.3 Å². The van der Waals surface area contributed by atoms with E-state index < -0.39 is 0 Å². The Morgan fingerprint density at radius 2 is 2.00 bits per heavy atom. The lowest BCUT2D eigenvalue weighted by Gasteiger charge is -2.03. The standard InChI is InChI=1S/C12H13BrN2S/c13-12-2-1-11(16-12)5-8-15-9-10-3-6-14-7-4-10/h1-4,6-7,15H,5,8-9H2. The zero-order chi connectivity index (χ0) is 11.2. The highest BCUT2D eigenvalue weighted by atomic mass is 79.9. The SMILES string of the molecule is Brc1ccc(CCNCc2ccncc2)s1. The molecule has 0 unspecified atom stereocenters. The van der Waals surface area contributed by atoms with Crippen molar-refractivity contribution in [2.24, 2.45) is 0 Å². The summed E-state index contributed by atoms with van der Waals surface area (Å²) in [5.41, 5.74) is 1.28. The lowest BCUT2D eigenvalue weighted by Crippen LogP contribution is -2.16. The first-order chi connectivity index (χ1) is 7.84. The Hall–Kier alpha value is -0.710. The van der Waals surface area contributed by atoms with Crippen molar-refractivity contribution < 1.29 is 0 Å². The Morgan fingerprint density at radius 1 is 1.19 bits per heavy atom. The molecule has 0 amide bonds. The Kier molecular flexibility index (Phi) is 4.51. The topological polar surface area (TPSA) is 24.9 Å². The van der Waals surface area contributed by atoms with Crippen molar-refractivity contribution in [1.29, 1.82) is 0 Å². The summed E-state index contributed by atoms with van der Waals surface area (Å²) in [6, 6.07) is 8.34. The first kappa shape index (κ1) is 11.8. The molecule has 84 valence electrons. The molecule has 0 bridgehead atoms. The number of aromatic nitrogens is 1. The first-order valence-electron chi connectivity index (χ1n) is 5.18. The van der Waals surface area contributed by atoms with Gasteiger partial charge in [-0.3, -0.25) is 4.98 Å². The van der Waals surface area contributed by atoms with E-state index in [9.17, 15) is 0 Å². The molecule has 2 aromatic heterocycles. The maximum Gasteiger partial charge on any atom is 0.0701 e. The number of nitrogens with one attached hydrogen (secondary N) is 1. The minimum Gasteiger partial charge on any atom is -0.312 e. The molecule has 16 heavy (non-hydrogen) atoms. The Bertz CT molecular complexity index is 428. The molecule has 4 heteroatoms. The second-order valence-corrected chi connectivity index (χ2v) is 6.04. The van der Waals surface area contributed by atoms with E-state index in [1.807, 2.05) is 24.5 Å². The number of thiophene rings is 1. The number of halogens is 1. The molecule has 2 heterocycles. The van der Waals surface area contributed by atoms with E-state index in [4.69, 9.17) is 0 Å². The molecule has 2 aromatic rings. The van der Waals surface area contributed by atoms with E-state index in [-0.39, 0.29) is 0 Å². The Labute approximate surface area is 108 Å². The van der Waals surface area contributed by atoms with Crippen LogP contribution in [0, 0.1) is 0 Å². The van der Waals surface area contributed by atoms with E-state index in [0.717, 1.165) is 19.5 Å². The molecule has 0 radical (unpaired) electrons. The largest absolute Gasteiger partial charge is 0.312 e. The van der Waals surface area contributed by atoms with Gasteiger partial charge in [0.15, 0.2) is 0 Å². The third kappa shape index (κ3) is 3.70. The Morgan fingerprint density at radius 3 is 2.69 bits per heavy atom. The fourth-order valence-electron chi connectivity index (χ4n) is 1.43. The van der Waals surface area contributed by atoms with E-state index in [1.165, 1.54) is 14.2 Å². The van der Waals surface area contributed by atoms with Crippen molar-refractivity contribution in [3.63, 3.8) is 0 Å². The highest BCUT2D eigenvalue weighted by molar-refractivity contribution is 9.11. The normalized spacial score (nSPS) is 10.6. The molecule has 0 saturated heterocycles. The average molecular weight is 297 g/mol. The molecule has 0 aromatic carbocycles. The molecule has 0 aliphatic rings. The fraction of sp³-hybridized carbons (Fsp3) is 0.250. The molecule has 0 aliphatic carbocycles. The monoisotopic (exact) mass is 296 g/mol. The lowest BCUT2D eigenvalue weighted by atomic mass is 10.2. The number of hydrogen-bond acceptors (Lipinski definition) is 3. The summed E-state index contributed by atoms with van der Waals surface area (Å²) in [7, 11) is 0. The molecule has 2 nitrogen and oxygen atoms in total. The van der Waals surface area contributed by atoms with Crippen LogP contribution in [-0.4, -0.2) is 11.5 Å². The molecular weight excluding hydrogens is 284 g/mol. The molecular formula is C12H13BrN2S. The second-order valence-electron chi connectivity index (χ2n) is 3.49. The van der Waals surface area contributed by atoms with Crippen LogP contribution in [0.15, 0.2) is 40.4 Å². The number of rotatable bonds is 5. The highest BCUT2D eigenvalue weighted by Gasteiger charge is 1.97. The average Bonchev–Trinajstić information content (AvgIpc) is 2.72. The van der Waals surface area contributed by atoms with Crippen LogP contribution in [0.1, 0.15) is 10.4 Å². The highest BCUT2D eigenvalue weighted by Crippen LogP contribution is 2.21. The molecule has 2 rings (SSSR count). The van der Waals surface area contributed by atoms with Crippen molar-refractivity contribution >= 4 is 27.3 Å². The van der Waals surface area contributed by atoms with Gasteiger partial charge in [-0.15, -0.1) is 11.3 Å². The molecule has 0 fully saturated rings. The third-order valence-corrected chi connectivity index (χ3v) is 3.94. The van der Waals surface area contributed by atoms with Crippen molar-refractivity contribution in [2.45, 2.75) is 13.0 Å². The van der Waals surface area contributed by atoms with Crippen molar-refractivity contribution in [3.8, 4) is 0 Å². The number of nitrogens with zero attached hydrogens (tertiary/aromatic N) is 1. The van der Waals surface area contributed by atoms with Crippen LogP contribution in [0.5, 0.6) is 0 Å². The summed E-state index contributed by atoms with van der Waals surface area (Å²) in [5.74, 6) is 0. The Balaban J connectivity index is 1.69. The van der Waals surface area contributed by atoms with Gasteiger partial charge < -0.3 is 5.32 Å². The van der Waals surface area contributed by atoms with E-state index in [0.29, 0.717) is 0 Å². The third-order valence-electron chi connectivity index (χ3n) is 2.26. The zero-order valence-corrected chi connectivity index (χ0v) is 11.2. The van der Waals surface area contributed by atoms with Gasteiger partial charge in [-0.2, -0.15) is 0 Å². The molecule has 1 N–H and O–H groups in total. The van der Waals surface area contributed by atoms with Gasteiger partial charge >= 0.3 is 0 Å². The molecule has 0 aliphatic heterocycles. The summed E-state index contributed by atoms with van der Waals surface area (Å²) in [4.78, 5) is 5.40. The molecule has 0 saturated carbocycles. The number of pyridine rings is 1. The number of hydrogen-bond donors (Lipinski definition) is 1. The second kappa shape index (κ2) is 6.13. The summed E-state index contributed by atoms with van der Waals surface area (Å²) in [6.07, 6.45) is 4.74. The van der Waals surface area contributed by atoms with Crippen LogP contribution in [0.4, 0.5) is 0 Å². The summed E-state index contributed by atoms with van der Waals surface area (Å²) in [5, 5.41) is 3.42. The van der Waals surface area contributed by atoms with E-state index >= 15 is 0 Å². The van der Waals surface area contributed by atoms with Gasteiger partial charge in [0.05, 0.1) is 3.79 Å². The maximum atomic E-state index is 3.99. The van der Waals surface area contributed by atoms with Crippen LogP contribution in [-0.2, 0) is 13.0 Å². The van der Waals surface area contributed by atoms with Gasteiger partial charge in [-0.25, -0.2) is 0 Å². The van der Waals surface area contributed by atoms with Crippen LogP contribution in [0.3, 0.4) is 0 Å². The summed E-state index contributed by atoms with van der Waals surface area (Å²) < 4.78 is 1.21. The summed E-state index contributed by atoms with van der Waals surface area (Å²) in [6.45, 7) is 1.92.